The van der Waals surface area contributed by atoms with Gasteiger partial charge in [0.05, 0.1) is 6.10 Å². The summed E-state index contributed by atoms with van der Waals surface area (Å²) < 4.78 is 36.5. The maximum atomic E-state index is 11.2. The standard InChI is InChI=1S/C28H44O4S/c1-18(2)19(3)7-8-20(4)24-11-12-25-23-10-9-21-17-22(32-33(29,30)31)13-15-27(21,5)26(23)14-16-28(24,25)6/h7-10,18-20,22,24-26H,11-17H2,1-6H3,(H,29,30,31)/t19-,20+,22-,24+,25-,26-,27-,28+/m0/s1. The Morgan fingerprint density at radius 1 is 1.00 bits per heavy atom. The van der Waals surface area contributed by atoms with Gasteiger partial charge in [0.1, 0.15) is 0 Å². The van der Waals surface area contributed by atoms with Crippen molar-refractivity contribution >= 4 is 10.4 Å². The third-order valence-corrected chi connectivity index (χ3v) is 10.8. The van der Waals surface area contributed by atoms with E-state index in [-0.39, 0.29) is 5.41 Å². The zero-order valence-corrected chi connectivity index (χ0v) is 22.2. The average Bonchev–Trinajstić information content (AvgIpc) is 3.08. The van der Waals surface area contributed by atoms with Crippen LogP contribution in [-0.4, -0.2) is 19.1 Å². The predicted molar refractivity (Wildman–Crippen MR) is 134 cm³/mol. The Balaban J connectivity index is 1.54. The molecule has 4 aliphatic rings. The monoisotopic (exact) mass is 476 g/mol. The molecule has 0 aromatic rings. The SMILES string of the molecule is CC(C)[C@@H](C)C=C[C@@H](C)[C@H]1CC[C@H]2C3=CC=C4C[C@@H](OS(=O)(=O)O)CC[C@]4(C)[C@H]3CC[C@]12C. The van der Waals surface area contributed by atoms with Crippen molar-refractivity contribution < 1.29 is 17.2 Å². The second-order valence-corrected chi connectivity index (χ2v) is 13.4. The van der Waals surface area contributed by atoms with E-state index in [1.54, 1.807) is 5.57 Å². The fourth-order valence-corrected chi connectivity index (χ4v) is 8.34. The van der Waals surface area contributed by atoms with Crippen LogP contribution in [0.1, 0.15) is 86.5 Å². The van der Waals surface area contributed by atoms with E-state index in [4.69, 9.17) is 8.74 Å². The minimum Gasteiger partial charge on any atom is -0.264 e. The van der Waals surface area contributed by atoms with E-state index in [1.165, 1.54) is 31.3 Å². The fraction of sp³-hybridized carbons (Fsp3) is 0.786. The fourth-order valence-electron chi connectivity index (χ4n) is 7.83. The zero-order chi connectivity index (χ0) is 24.2. The molecule has 3 fully saturated rings. The van der Waals surface area contributed by atoms with Crippen molar-refractivity contribution in [2.75, 3.05) is 0 Å². The first-order valence-corrected chi connectivity index (χ1v) is 14.5. The molecule has 0 spiro atoms. The molecule has 8 atom stereocenters. The Kier molecular flexibility index (Phi) is 6.83. The Bertz CT molecular complexity index is 945. The molecule has 1 N–H and O–H groups in total. The van der Waals surface area contributed by atoms with Gasteiger partial charge >= 0.3 is 10.4 Å². The van der Waals surface area contributed by atoms with Crippen molar-refractivity contribution in [1.82, 2.24) is 0 Å². The van der Waals surface area contributed by atoms with Gasteiger partial charge in [0, 0.05) is 0 Å². The zero-order valence-electron chi connectivity index (χ0n) is 21.4. The molecule has 0 heterocycles. The summed E-state index contributed by atoms with van der Waals surface area (Å²) in [5, 5.41) is 0. The second kappa shape index (κ2) is 8.95. The molecule has 0 radical (unpaired) electrons. The predicted octanol–water partition coefficient (Wildman–Crippen LogP) is 7.16. The van der Waals surface area contributed by atoms with E-state index < -0.39 is 16.5 Å². The molecule has 0 bridgehead atoms. The van der Waals surface area contributed by atoms with E-state index in [2.05, 4.69) is 65.8 Å². The highest BCUT2D eigenvalue weighted by Crippen LogP contribution is 2.66. The van der Waals surface area contributed by atoms with Crippen LogP contribution < -0.4 is 0 Å². The van der Waals surface area contributed by atoms with E-state index in [1.807, 2.05) is 0 Å². The van der Waals surface area contributed by atoms with Crippen molar-refractivity contribution in [3.8, 4) is 0 Å². The Hall–Kier alpha value is -0.910. The summed E-state index contributed by atoms with van der Waals surface area (Å²) in [5.41, 5.74) is 3.40. The largest absolute Gasteiger partial charge is 0.397 e. The van der Waals surface area contributed by atoms with Gasteiger partial charge in [0.25, 0.3) is 0 Å². The second-order valence-electron chi connectivity index (χ2n) is 12.3. The van der Waals surface area contributed by atoms with Gasteiger partial charge in [0.2, 0.25) is 0 Å². The first kappa shape index (κ1) is 25.2. The molecule has 186 valence electrons. The number of fused-ring (bicyclic) bond motifs is 5. The van der Waals surface area contributed by atoms with Crippen LogP contribution in [0, 0.1) is 46.3 Å². The molecule has 0 aliphatic heterocycles. The van der Waals surface area contributed by atoms with Crippen molar-refractivity contribution in [3.05, 3.63) is 35.5 Å². The van der Waals surface area contributed by atoms with Crippen LogP contribution in [0.2, 0.25) is 0 Å². The van der Waals surface area contributed by atoms with Gasteiger partial charge in [-0.2, -0.15) is 8.42 Å². The van der Waals surface area contributed by atoms with Crippen molar-refractivity contribution in [2.45, 2.75) is 92.6 Å². The Labute approximate surface area is 201 Å². The number of rotatable bonds is 6. The molecular formula is C28H44O4S. The molecule has 4 aliphatic carbocycles. The molecule has 0 saturated heterocycles. The number of allylic oxidation sites excluding steroid dienone is 5. The lowest BCUT2D eigenvalue weighted by Crippen LogP contribution is -2.46. The number of hydrogen-bond acceptors (Lipinski definition) is 3. The third-order valence-electron chi connectivity index (χ3n) is 10.3. The van der Waals surface area contributed by atoms with Gasteiger partial charge in [-0.1, -0.05) is 77.0 Å². The lowest BCUT2D eigenvalue weighted by molar-refractivity contribution is 0.0420. The number of hydrogen-bond donors (Lipinski definition) is 1. The molecule has 4 nitrogen and oxygen atoms in total. The van der Waals surface area contributed by atoms with Gasteiger partial charge in [-0.05, 0) is 91.3 Å². The quantitative estimate of drug-likeness (QED) is 0.326. The van der Waals surface area contributed by atoms with Crippen LogP contribution in [-0.2, 0) is 14.6 Å². The summed E-state index contributed by atoms with van der Waals surface area (Å²) >= 11 is 0. The lowest BCUT2D eigenvalue weighted by Gasteiger charge is -2.55. The Morgan fingerprint density at radius 3 is 2.39 bits per heavy atom. The maximum absolute atomic E-state index is 11.2. The molecular weight excluding hydrogens is 432 g/mol. The molecule has 0 amide bonds. The summed E-state index contributed by atoms with van der Waals surface area (Å²) in [7, 11) is -4.40. The summed E-state index contributed by atoms with van der Waals surface area (Å²) in [4.78, 5) is 0. The minimum atomic E-state index is -4.40. The molecule has 3 saturated carbocycles. The average molecular weight is 477 g/mol. The molecule has 5 heteroatoms. The van der Waals surface area contributed by atoms with Crippen LogP contribution in [0.5, 0.6) is 0 Å². The van der Waals surface area contributed by atoms with Crippen LogP contribution in [0.15, 0.2) is 35.5 Å². The molecule has 0 aromatic carbocycles. The molecule has 0 aromatic heterocycles. The van der Waals surface area contributed by atoms with Crippen LogP contribution in [0.3, 0.4) is 0 Å². The van der Waals surface area contributed by atoms with Crippen molar-refractivity contribution in [1.29, 1.82) is 0 Å². The van der Waals surface area contributed by atoms with Crippen LogP contribution in [0.25, 0.3) is 0 Å². The summed E-state index contributed by atoms with van der Waals surface area (Å²) in [6.45, 7) is 14.3. The van der Waals surface area contributed by atoms with Gasteiger partial charge in [0.15, 0.2) is 0 Å². The molecule has 33 heavy (non-hydrogen) atoms. The van der Waals surface area contributed by atoms with E-state index in [0.717, 1.165) is 12.3 Å². The smallest absolute Gasteiger partial charge is 0.264 e. The van der Waals surface area contributed by atoms with E-state index in [9.17, 15) is 8.42 Å². The summed E-state index contributed by atoms with van der Waals surface area (Å²) in [6, 6.07) is 0. The highest BCUT2D eigenvalue weighted by atomic mass is 32.3. The highest BCUT2D eigenvalue weighted by Gasteiger charge is 2.57. The Morgan fingerprint density at radius 2 is 1.73 bits per heavy atom. The maximum Gasteiger partial charge on any atom is 0.397 e. The lowest BCUT2D eigenvalue weighted by atomic mass is 9.50. The first-order valence-electron chi connectivity index (χ1n) is 13.1. The van der Waals surface area contributed by atoms with E-state index >= 15 is 0 Å². The topological polar surface area (TPSA) is 63.6 Å². The van der Waals surface area contributed by atoms with Gasteiger partial charge in [-0.15, -0.1) is 0 Å². The molecule has 0 unspecified atom stereocenters. The van der Waals surface area contributed by atoms with Crippen molar-refractivity contribution in [3.63, 3.8) is 0 Å². The summed E-state index contributed by atoms with van der Waals surface area (Å²) in [5.74, 6) is 3.85. The van der Waals surface area contributed by atoms with Gasteiger partial charge < -0.3 is 0 Å². The highest BCUT2D eigenvalue weighted by molar-refractivity contribution is 7.80. The normalized spacial score (nSPS) is 40.6. The van der Waals surface area contributed by atoms with Gasteiger partial charge in [-0.25, -0.2) is 4.18 Å². The van der Waals surface area contributed by atoms with Crippen molar-refractivity contribution in [2.24, 2.45) is 46.3 Å². The first-order chi connectivity index (χ1) is 15.3. The third kappa shape index (κ3) is 4.67. The van der Waals surface area contributed by atoms with E-state index in [0.29, 0.717) is 47.8 Å². The van der Waals surface area contributed by atoms with Crippen LogP contribution in [0.4, 0.5) is 0 Å². The van der Waals surface area contributed by atoms with Gasteiger partial charge in [-0.3, -0.25) is 4.55 Å². The molecule has 4 rings (SSSR count). The minimum absolute atomic E-state index is 0.0841. The summed E-state index contributed by atoms with van der Waals surface area (Å²) in [6.07, 6.45) is 16.4. The van der Waals surface area contributed by atoms with Crippen LogP contribution >= 0.6 is 0 Å².